The maximum atomic E-state index is 6.00. The molecule has 2 N–H and O–H groups in total. The second-order valence-electron chi connectivity index (χ2n) is 4.77. The summed E-state index contributed by atoms with van der Waals surface area (Å²) in [5.74, 6) is 0.660. The van der Waals surface area contributed by atoms with Crippen LogP contribution in [0.2, 0.25) is 0 Å². The Labute approximate surface area is 111 Å². The van der Waals surface area contributed by atoms with Crippen LogP contribution in [0.25, 0.3) is 10.1 Å². The van der Waals surface area contributed by atoms with Gasteiger partial charge in [-0.1, -0.05) is 18.2 Å². The van der Waals surface area contributed by atoms with Crippen LogP contribution in [0.3, 0.4) is 0 Å². The number of hydrogen-bond donors (Lipinski definition) is 1. The van der Waals surface area contributed by atoms with Crippen LogP contribution in [0, 0.1) is 0 Å². The number of nitrogens with two attached hydrogens (primary N) is 1. The Morgan fingerprint density at radius 2 is 2.22 bits per heavy atom. The molecule has 3 nitrogen and oxygen atoms in total. The van der Waals surface area contributed by atoms with E-state index in [2.05, 4.69) is 39.5 Å². The number of aliphatic imine (C=N–C) groups is 1. The Balaban J connectivity index is 1.78. The molecule has 0 aliphatic heterocycles. The summed E-state index contributed by atoms with van der Waals surface area (Å²) in [6.45, 7) is 0.674. The predicted molar refractivity (Wildman–Crippen MR) is 77.9 cm³/mol. The van der Waals surface area contributed by atoms with Gasteiger partial charge in [0.2, 0.25) is 0 Å². The molecule has 1 saturated carbocycles. The topological polar surface area (TPSA) is 41.6 Å². The van der Waals surface area contributed by atoms with Gasteiger partial charge in [-0.15, -0.1) is 11.3 Å². The minimum atomic E-state index is 0.618. The molecule has 1 aromatic heterocycles. The minimum absolute atomic E-state index is 0.618. The number of fused-ring (bicyclic) bond motifs is 1. The maximum Gasteiger partial charge on any atom is 0.191 e. The summed E-state index contributed by atoms with van der Waals surface area (Å²) in [6, 6.07) is 9.06. The predicted octanol–water partition coefficient (Wildman–Crippen LogP) is 2.81. The first kappa shape index (κ1) is 11.5. The summed E-state index contributed by atoms with van der Waals surface area (Å²) in [7, 11) is 2.03. The zero-order valence-corrected chi connectivity index (χ0v) is 11.3. The lowest BCUT2D eigenvalue weighted by Gasteiger charge is -2.16. The van der Waals surface area contributed by atoms with Gasteiger partial charge in [0.15, 0.2) is 5.96 Å². The molecule has 3 rings (SSSR count). The highest BCUT2D eigenvalue weighted by Crippen LogP contribution is 2.27. The van der Waals surface area contributed by atoms with Crippen molar-refractivity contribution in [2.75, 3.05) is 7.05 Å². The van der Waals surface area contributed by atoms with Crippen LogP contribution in [0.15, 0.2) is 34.6 Å². The van der Waals surface area contributed by atoms with Gasteiger partial charge in [-0.3, -0.25) is 0 Å². The van der Waals surface area contributed by atoms with Gasteiger partial charge in [0, 0.05) is 17.8 Å². The number of nitrogens with zero attached hydrogens (tertiary/aromatic N) is 2. The second-order valence-corrected chi connectivity index (χ2v) is 5.68. The molecule has 4 heteroatoms. The van der Waals surface area contributed by atoms with Crippen molar-refractivity contribution in [3.63, 3.8) is 0 Å². The van der Waals surface area contributed by atoms with Crippen LogP contribution >= 0.6 is 11.3 Å². The highest BCUT2D eigenvalue weighted by atomic mass is 32.1. The molecular weight excluding hydrogens is 242 g/mol. The fraction of sp³-hybridized carbons (Fsp3) is 0.357. The normalized spacial score (nSPS) is 16.2. The van der Waals surface area contributed by atoms with Crippen molar-refractivity contribution >= 4 is 27.4 Å². The smallest absolute Gasteiger partial charge is 0.191 e. The van der Waals surface area contributed by atoms with E-state index < -0.39 is 0 Å². The molecule has 1 aromatic carbocycles. The molecular formula is C14H17N3S. The Hall–Kier alpha value is -1.55. The molecule has 0 unspecified atom stereocenters. The molecule has 1 fully saturated rings. The second kappa shape index (κ2) is 4.61. The lowest BCUT2D eigenvalue weighted by Crippen LogP contribution is -2.35. The molecule has 0 radical (unpaired) electrons. The highest BCUT2D eigenvalue weighted by Gasteiger charge is 2.27. The van der Waals surface area contributed by atoms with Crippen LogP contribution in [0.5, 0.6) is 0 Å². The molecule has 0 bridgehead atoms. The maximum absolute atomic E-state index is 6.00. The lowest BCUT2D eigenvalue weighted by molar-refractivity contribution is 0.487. The SMILES string of the molecule is CN(C(N)=NCc1csc2ccccc12)C1CC1. The quantitative estimate of drug-likeness (QED) is 0.680. The summed E-state index contributed by atoms with van der Waals surface area (Å²) in [4.78, 5) is 6.60. The number of thiophene rings is 1. The summed E-state index contributed by atoms with van der Waals surface area (Å²) in [5.41, 5.74) is 7.26. The lowest BCUT2D eigenvalue weighted by atomic mass is 10.2. The van der Waals surface area contributed by atoms with Gasteiger partial charge in [0.25, 0.3) is 0 Å². The molecule has 0 spiro atoms. The molecule has 94 valence electrons. The summed E-state index contributed by atoms with van der Waals surface area (Å²) in [6.07, 6.45) is 2.49. The van der Waals surface area contributed by atoms with Gasteiger partial charge in [-0.25, -0.2) is 4.99 Å². The zero-order valence-electron chi connectivity index (χ0n) is 10.5. The Morgan fingerprint density at radius 3 is 3.00 bits per heavy atom. The van der Waals surface area contributed by atoms with E-state index in [-0.39, 0.29) is 0 Å². The van der Waals surface area contributed by atoms with Gasteiger partial charge in [-0.2, -0.15) is 0 Å². The van der Waals surface area contributed by atoms with Crippen molar-refractivity contribution in [2.24, 2.45) is 10.7 Å². The standard InChI is InChI=1S/C14H17N3S/c1-17(11-6-7-11)14(15)16-8-10-9-18-13-5-3-2-4-12(10)13/h2-5,9,11H,6-8H2,1H3,(H2,15,16). The molecule has 1 aliphatic carbocycles. The van der Waals surface area contributed by atoms with Crippen LogP contribution < -0.4 is 5.73 Å². The van der Waals surface area contributed by atoms with E-state index >= 15 is 0 Å². The number of hydrogen-bond acceptors (Lipinski definition) is 2. The van der Waals surface area contributed by atoms with E-state index in [0.717, 1.165) is 0 Å². The Bertz CT molecular complexity index is 583. The fourth-order valence-corrected chi connectivity index (χ4v) is 3.04. The van der Waals surface area contributed by atoms with Crippen molar-refractivity contribution in [1.29, 1.82) is 0 Å². The average Bonchev–Trinajstić information content (AvgIpc) is 3.16. The monoisotopic (exact) mass is 259 g/mol. The molecule has 0 saturated heterocycles. The van der Waals surface area contributed by atoms with Crippen molar-refractivity contribution < 1.29 is 0 Å². The third-order valence-corrected chi connectivity index (χ3v) is 4.44. The summed E-state index contributed by atoms with van der Waals surface area (Å²) >= 11 is 1.77. The van der Waals surface area contributed by atoms with E-state index in [9.17, 15) is 0 Å². The Morgan fingerprint density at radius 1 is 1.44 bits per heavy atom. The van der Waals surface area contributed by atoms with Gasteiger partial charge < -0.3 is 10.6 Å². The first-order chi connectivity index (χ1) is 8.75. The van der Waals surface area contributed by atoms with Gasteiger partial charge in [0.05, 0.1) is 6.54 Å². The van der Waals surface area contributed by atoms with Crippen molar-refractivity contribution in [2.45, 2.75) is 25.4 Å². The van der Waals surface area contributed by atoms with Crippen molar-refractivity contribution in [3.8, 4) is 0 Å². The van der Waals surface area contributed by atoms with E-state index in [1.54, 1.807) is 11.3 Å². The van der Waals surface area contributed by atoms with Crippen molar-refractivity contribution in [1.82, 2.24) is 4.90 Å². The van der Waals surface area contributed by atoms with Gasteiger partial charge >= 0.3 is 0 Å². The fourth-order valence-electron chi connectivity index (χ4n) is 2.08. The summed E-state index contributed by atoms with van der Waals surface area (Å²) in [5, 5.41) is 3.48. The first-order valence-electron chi connectivity index (χ1n) is 6.23. The van der Waals surface area contributed by atoms with Crippen LogP contribution in [-0.4, -0.2) is 23.9 Å². The number of guanidine groups is 1. The molecule has 0 amide bonds. The third-order valence-electron chi connectivity index (χ3n) is 3.43. The van der Waals surface area contributed by atoms with Gasteiger partial charge in [-0.05, 0) is 35.2 Å². The highest BCUT2D eigenvalue weighted by molar-refractivity contribution is 7.17. The molecule has 1 aliphatic rings. The number of benzene rings is 1. The van der Waals surface area contributed by atoms with Crippen LogP contribution in [0.1, 0.15) is 18.4 Å². The Kier molecular flexibility index (Phi) is 2.96. The number of rotatable bonds is 3. The van der Waals surface area contributed by atoms with E-state index in [1.165, 1.54) is 28.5 Å². The van der Waals surface area contributed by atoms with E-state index in [1.807, 2.05) is 7.05 Å². The molecule has 18 heavy (non-hydrogen) atoms. The van der Waals surface area contributed by atoms with E-state index in [4.69, 9.17) is 5.73 Å². The molecule has 0 atom stereocenters. The van der Waals surface area contributed by atoms with Crippen molar-refractivity contribution in [3.05, 3.63) is 35.2 Å². The van der Waals surface area contributed by atoms with Gasteiger partial charge in [0.1, 0.15) is 0 Å². The largest absolute Gasteiger partial charge is 0.370 e. The first-order valence-corrected chi connectivity index (χ1v) is 7.11. The van der Waals surface area contributed by atoms with Crippen LogP contribution in [0.4, 0.5) is 0 Å². The van der Waals surface area contributed by atoms with Crippen LogP contribution in [-0.2, 0) is 6.54 Å². The molecule has 1 heterocycles. The average molecular weight is 259 g/mol. The van der Waals surface area contributed by atoms with E-state index in [0.29, 0.717) is 18.5 Å². The third kappa shape index (κ3) is 2.20. The minimum Gasteiger partial charge on any atom is -0.370 e. The molecule has 2 aromatic rings. The zero-order chi connectivity index (χ0) is 12.5. The summed E-state index contributed by atoms with van der Waals surface area (Å²) < 4.78 is 1.32.